The summed E-state index contributed by atoms with van der Waals surface area (Å²) >= 11 is 13.9. The third kappa shape index (κ3) is 3.18. The number of rotatable bonds is 2. The molecule has 21 heavy (non-hydrogen) atoms. The molecule has 0 saturated carbocycles. The molecule has 1 aliphatic rings. The molecular formula is C15H12Cl2N2OS. The van der Waals surface area contributed by atoms with Gasteiger partial charge in [-0.3, -0.25) is 9.78 Å². The Hall–Kier alpha value is -1.23. The van der Waals surface area contributed by atoms with Crippen LogP contribution in [0.4, 0.5) is 0 Å². The van der Waals surface area contributed by atoms with Crippen LogP contribution in [0.5, 0.6) is 0 Å². The molecule has 0 fully saturated rings. The lowest BCUT2D eigenvalue weighted by Gasteiger charge is -2.26. The number of amides is 1. The summed E-state index contributed by atoms with van der Waals surface area (Å²) in [5.41, 5.74) is 1.45. The Bertz CT molecular complexity index is 693. The van der Waals surface area contributed by atoms with E-state index in [2.05, 4.69) is 10.3 Å². The van der Waals surface area contributed by atoms with Crippen LogP contribution >= 0.6 is 35.0 Å². The van der Waals surface area contributed by atoms with Crippen LogP contribution in [0, 0.1) is 0 Å². The monoisotopic (exact) mass is 338 g/mol. The van der Waals surface area contributed by atoms with Crippen LogP contribution in [0.1, 0.15) is 28.4 Å². The van der Waals surface area contributed by atoms with Crippen molar-refractivity contribution in [1.29, 1.82) is 0 Å². The van der Waals surface area contributed by atoms with Gasteiger partial charge in [-0.2, -0.15) is 0 Å². The summed E-state index contributed by atoms with van der Waals surface area (Å²) < 4.78 is 0. The standard InChI is InChI=1S/C15H12Cl2N2OS/c16-9-1-2-14-10(7-9)13(4-6-21-14)19-15(20)11-8-18-5-3-12(11)17/h1-3,5,7-8,13H,4,6H2,(H,19,20). The Kier molecular flexibility index (Phi) is 4.38. The lowest BCUT2D eigenvalue weighted by atomic mass is 10.0. The fraction of sp³-hybridized carbons (Fsp3) is 0.200. The second kappa shape index (κ2) is 6.26. The van der Waals surface area contributed by atoms with Gasteiger partial charge in [0, 0.05) is 28.1 Å². The average Bonchev–Trinajstić information content (AvgIpc) is 2.48. The maximum Gasteiger partial charge on any atom is 0.254 e. The minimum absolute atomic E-state index is 0.0521. The third-order valence-electron chi connectivity index (χ3n) is 3.33. The maximum absolute atomic E-state index is 12.4. The number of benzene rings is 1. The zero-order chi connectivity index (χ0) is 14.8. The van der Waals surface area contributed by atoms with Gasteiger partial charge < -0.3 is 5.32 Å². The van der Waals surface area contributed by atoms with E-state index in [0.717, 1.165) is 22.6 Å². The highest BCUT2D eigenvalue weighted by molar-refractivity contribution is 7.99. The van der Waals surface area contributed by atoms with Gasteiger partial charge in [-0.15, -0.1) is 11.8 Å². The second-order valence-electron chi connectivity index (χ2n) is 4.70. The van der Waals surface area contributed by atoms with Crippen LogP contribution in [-0.4, -0.2) is 16.6 Å². The topological polar surface area (TPSA) is 42.0 Å². The Labute approximate surface area is 137 Å². The largest absolute Gasteiger partial charge is 0.345 e. The van der Waals surface area contributed by atoms with Gasteiger partial charge in [-0.1, -0.05) is 23.2 Å². The van der Waals surface area contributed by atoms with Gasteiger partial charge in [0.15, 0.2) is 0 Å². The summed E-state index contributed by atoms with van der Waals surface area (Å²) in [7, 11) is 0. The van der Waals surface area contributed by atoms with Crippen LogP contribution in [0.2, 0.25) is 10.0 Å². The van der Waals surface area contributed by atoms with Crippen LogP contribution in [0.25, 0.3) is 0 Å². The van der Waals surface area contributed by atoms with Crippen molar-refractivity contribution in [1.82, 2.24) is 10.3 Å². The molecular weight excluding hydrogens is 327 g/mol. The molecule has 1 aromatic carbocycles. The minimum atomic E-state index is -0.212. The highest BCUT2D eigenvalue weighted by Crippen LogP contribution is 2.37. The number of carbonyl (C=O) groups is 1. The lowest BCUT2D eigenvalue weighted by molar-refractivity contribution is 0.0935. The SMILES string of the molecule is O=C(NC1CCSc2ccc(Cl)cc21)c1cnccc1Cl. The zero-order valence-corrected chi connectivity index (χ0v) is 13.3. The summed E-state index contributed by atoms with van der Waals surface area (Å²) in [6.07, 6.45) is 3.90. The number of hydrogen-bond acceptors (Lipinski definition) is 3. The van der Waals surface area contributed by atoms with Crippen LogP contribution in [-0.2, 0) is 0 Å². The first-order valence-corrected chi connectivity index (χ1v) is 8.22. The molecule has 2 heterocycles. The van der Waals surface area contributed by atoms with E-state index < -0.39 is 0 Å². The van der Waals surface area contributed by atoms with E-state index >= 15 is 0 Å². The van der Waals surface area contributed by atoms with Crippen LogP contribution < -0.4 is 5.32 Å². The molecule has 1 atom stereocenters. The Balaban J connectivity index is 1.85. The Morgan fingerprint density at radius 3 is 3.00 bits per heavy atom. The fourth-order valence-electron chi connectivity index (χ4n) is 2.30. The Morgan fingerprint density at radius 1 is 1.33 bits per heavy atom. The molecule has 1 N–H and O–H groups in total. The molecule has 1 aromatic heterocycles. The van der Waals surface area contributed by atoms with Crippen molar-refractivity contribution in [2.24, 2.45) is 0 Å². The highest BCUT2D eigenvalue weighted by Gasteiger charge is 2.23. The summed E-state index contributed by atoms with van der Waals surface area (Å²) in [6, 6.07) is 7.34. The van der Waals surface area contributed by atoms with Crippen molar-refractivity contribution in [3.63, 3.8) is 0 Å². The van der Waals surface area contributed by atoms with Crippen molar-refractivity contribution >= 4 is 40.9 Å². The molecule has 1 unspecified atom stereocenters. The number of aromatic nitrogens is 1. The molecule has 3 rings (SSSR count). The average molecular weight is 339 g/mol. The maximum atomic E-state index is 12.4. The van der Waals surface area contributed by atoms with Gasteiger partial charge in [-0.25, -0.2) is 0 Å². The van der Waals surface area contributed by atoms with Crippen molar-refractivity contribution in [2.45, 2.75) is 17.4 Å². The smallest absolute Gasteiger partial charge is 0.254 e. The molecule has 108 valence electrons. The number of thioether (sulfide) groups is 1. The third-order valence-corrected chi connectivity index (χ3v) is 5.02. The molecule has 1 aliphatic heterocycles. The quantitative estimate of drug-likeness (QED) is 0.884. The number of nitrogens with zero attached hydrogens (tertiary/aromatic N) is 1. The fourth-order valence-corrected chi connectivity index (χ4v) is 3.77. The summed E-state index contributed by atoms with van der Waals surface area (Å²) in [6.45, 7) is 0. The van der Waals surface area contributed by atoms with Gasteiger partial charge in [-0.05, 0) is 36.2 Å². The molecule has 0 aliphatic carbocycles. The van der Waals surface area contributed by atoms with E-state index in [9.17, 15) is 4.79 Å². The normalized spacial score (nSPS) is 17.1. The van der Waals surface area contributed by atoms with Crippen molar-refractivity contribution in [3.05, 3.63) is 57.8 Å². The number of carbonyl (C=O) groups excluding carboxylic acids is 1. The van der Waals surface area contributed by atoms with Crippen molar-refractivity contribution in [2.75, 3.05) is 5.75 Å². The summed E-state index contributed by atoms with van der Waals surface area (Å²) in [4.78, 5) is 17.5. The van der Waals surface area contributed by atoms with E-state index in [1.54, 1.807) is 24.0 Å². The first kappa shape index (κ1) is 14.7. The van der Waals surface area contributed by atoms with E-state index in [4.69, 9.17) is 23.2 Å². The number of halogens is 2. The number of fused-ring (bicyclic) bond motifs is 1. The van der Waals surface area contributed by atoms with Gasteiger partial charge in [0.05, 0.1) is 16.6 Å². The summed E-state index contributed by atoms with van der Waals surface area (Å²) in [5.74, 6) is 0.747. The molecule has 0 spiro atoms. The van der Waals surface area contributed by atoms with E-state index in [0.29, 0.717) is 15.6 Å². The van der Waals surface area contributed by atoms with Gasteiger partial charge in [0.1, 0.15) is 0 Å². The number of hydrogen-bond donors (Lipinski definition) is 1. The Morgan fingerprint density at radius 2 is 2.19 bits per heavy atom. The minimum Gasteiger partial charge on any atom is -0.345 e. The van der Waals surface area contributed by atoms with Crippen molar-refractivity contribution < 1.29 is 4.79 Å². The van der Waals surface area contributed by atoms with E-state index in [1.807, 2.05) is 18.2 Å². The molecule has 0 radical (unpaired) electrons. The molecule has 3 nitrogen and oxygen atoms in total. The summed E-state index contributed by atoms with van der Waals surface area (Å²) in [5, 5.41) is 4.10. The molecule has 0 bridgehead atoms. The van der Waals surface area contributed by atoms with Crippen molar-refractivity contribution in [3.8, 4) is 0 Å². The molecule has 1 amide bonds. The second-order valence-corrected chi connectivity index (χ2v) is 6.68. The highest BCUT2D eigenvalue weighted by atomic mass is 35.5. The molecule has 6 heteroatoms. The zero-order valence-electron chi connectivity index (χ0n) is 11.0. The number of pyridine rings is 1. The van der Waals surface area contributed by atoms with E-state index in [-0.39, 0.29) is 11.9 Å². The first-order chi connectivity index (χ1) is 10.1. The number of nitrogens with one attached hydrogen (secondary N) is 1. The van der Waals surface area contributed by atoms with Gasteiger partial charge in [0.2, 0.25) is 0 Å². The predicted octanol–water partition coefficient (Wildman–Crippen LogP) is 4.36. The lowest BCUT2D eigenvalue weighted by Crippen LogP contribution is -2.30. The predicted molar refractivity (Wildman–Crippen MR) is 86.2 cm³/mol. The van der Waals surface area contributed by atoms with Gasteiger partial charge >= 0.3 is 0 Å². The van der Waals surface area contributed by atoms with E-state index in [1.165, 1.54) is 6.20 Å². The van der Waals surface area contributed by atoms with Gasteiger partial charge in [0.25, 0.3) is 5.91 Å². The van der Waals surface area contributed by atoms with Crippen LogP contribution in [0.3, 0.4) is 0 Å². The first-order valence-electron chi connectivity index (χ1n) is 6.48. The van der Waals surface area contributed by atoms with Crippen LogP contribution in [0.15, 0.2) is 41.6 Å². The molecule has 2 aromatic rings. The molecule has 0 saturated heterocycles.